The number of allylic oxidation sites excluding steroid dienone is 2. The summed E-state index contributed by atoms with van der Waals surface area (Å²) in [5.74, 6) is 0.322. The van der Waals surface area contributed by atoms with E-state index in [1.54, 1.807) is 0 Å². The second kappa shape index (κ2) is 3.73. The highest BCUT2D eigenvalue weighted by Crippen LogP contribution is 2.39. The minimum absolute atomic E-state index is 0.294. The molecule has 2 aliphatic rings. The zero-order chi connectivity index (χ0) is 12.0. The van der Waals surface area contributed by atoms with Gasteiger partial charge in [0.1, 0.15) is 0 Å². The van der Waals surface area contributed by atoms with Crippen LogP contribution in [-0.2, 0) is 11.2 Å². The molecule has 2 heteroatoms. The van der Waals surface area contributed by atoms with E-state index in [9.17, 15) is 4.79 Å². The fourth-order valence-electron chi connectivity index (χ4n) is 3.02. The quantitative estimate of drug-likeness (QED) is 0.679. The van der Waals surface area contributed by atoms with Crippen LogP contribution in [0, 0.1) is 0 Å². The van der Waals surface area contributed by atoms with Crippen LogP contribution in [0.25, 0.3) is 0 Å². The van der Waals surface area contributed by atoms with Crippen molar-refractivity contribution >= 4 is 11.5 Å². The second-order valence-electron chi connectivity index (χ2n) is 5.05. The van der Waals surface area contributed by atoms with Crippen molar-refractivity contribution in [2.24, 2.45) is 0 Å². The number of para-hydroxylation sites is 1. The zero-order valence-corrected chi connectivity index (χ0v) is 10.4. The number of hydrogen-bond acceptors (Lipinski definition) is 2. The van der Waals surface area contributed by atoms with Gasteiger partial charge in [0, 0.05) is 29.4 Å². The van der Waals surface area contributed by atoms with Crippen LogP contribution in [0.1, 0.15) is 32.3 Å². The number of ketones is 1. The molecule has 0 fully saturated rings. The van der Waals surface area contributed by atoms with Crippen LogP contribution in [0.4, 0.5) is 5.69 Å². The van der Waals surface area contributed by atoms with E-state index in [4.69, 9.17) is 0 Å². The van der Waals surface area contributed by atoms with Gasteiger partial charge in [0.25, 0.3) is 0 Å². The predicted octanol–water partition coefficient (Wildman–Crippen LogP) is 3.07. The van der Waals surface area contributed by atoms with Gasteiger partial charge in [-0.15, -0.1) is 0 Å². The average Bonchev–Trinajstić information content (AvgIpc) is 2.35. The third kappa shape index (κ3) is 1.51. The van der Waals surface area contributed by atoms with Gasteiger partial charge in [0.2, 0.25) is 0 Å². The van der Waals surface area contributed by atoms with Gasteiger partial charge >= 0.3 is 0 Å². The van der Waals surface area contributed by atoms with Crippen LogP contribution in [-0.4, -0.2) is 11.8 Å². The normalized spacial score (nSPS) is 23.5. The van der Waals surface area contributed by atoms with Gasteiger partial charge in [-0.3, -0.25) is 4.79 Å². The van der Waals surface area contributed by atoms with Crippen molar-refractivity contribution in [2.75, 3.05) is 4.90 Å². The van der Waals surface area contributed by atoms with Gasteiger partial charge in [-0.25, -0.2) is 0 Å². The highest BCUT2D eigenvalue weighted by molar-refractivity contribution is 5.98. The molecule has 0 spiro atoms. The van der Waals surface area contributed by atoms with Crippen LogP contribution < -0.4 is 4.90 Å². The van der Waals surface area contributed by atoms with Gasteiger partial charge < -0.3 is 4.90 Å². The van der Waals surface area contributed by atoms with Gasteiger partial charge in [-0.2, -0.15) is 0 Å². The topological polar surface area (TPSA) is 20.3 Å². The smallest absolute Gasteiger partial charge is 0.162 e. The number of rotatable bonds is 0. The van der Waals surface area contributed by atoms with Crippen molar-refractivity contribution in [2.45, 2.75) is 39.2 Å². The Morgan fingerprint density at radius 1 is 1.24 bits per heavy atom. The van der Waals surface area contributed by atoms with Crippen molar-refractivity contribution in [1.29, 1.82) is 0 Å². The van der Waals surface area contributed by atoms with Gasteiger partial charge in [0.15, 0.2) is 5.78 Å². The Morgan fingerprint density at radius 3 is 2.82 bits per heavy atom. The second-order valence-corrected chi connectivity index (χ2v) is 5.05. The van der Waals surface area contributed by atoms with Crippen LogP contribution in [0.15, 0.2) is 35.5 Å². The Bertz CT molecular complexity index is 515. The Morgan fingerprint density at radius 2 is 2.00 bits per heavy atom. The number of nitrogens with zero attached hydrogens (tertiary/aromatic N) is 1. The minimum Gasteiger partial charge on any atom is -0.341 e. The molecule has 0 amide bonds. The third-order valence-electron chi connectivity index (χ3n) is 3.95. The first kappa shape index (κ1) is 10.6. The number of Topliss-reactive ketones (excluding diaryl/α,β-unsaturated/α-hetero) is 1. The summed E-state index contributed by atoms with van der Waals surface area (Å²) < 4.78 is 0. The summed E-state index contributed by atoms with van der Waals surface area (Å²) in [6, 6.07) is 8.85. The van der Waals surface area contributed by atoms with Crippen LogP contribution >= 0.6 is 0 Å². The molecule has 2 nitrogen and oxygen atoms in total. The van der Waals surface area contributed by atoms with E-state index in [0.29, 0.717) is 18.2 Å². The lowest BCUT2D eigenvalue weighted by atomic mass is 9.88. The Hall–Kier alpha value is -1.57. The molecule has 0 aliphatic carbocycles. The van der Waals surface area contributed by atoms with E-state index in [1.165, 1.54) is 16.9 Å². The summed E-state index contributed by atoms with van der Waals surface area (Å²) in [6.45, 7) is 4.12. The van der Waals surface area contributed by atoms with E-state index < -0.39 is 0 Å². The molecule has 0 saturated carbocycles. The molecule has 1 aromatic rings. The predicted molar refractivity (Wildman–Crippen MR) is 69.0 cm³/mol. The van der Waals surface area contributed by atoms with Gasteiger partial charge in [0.05, 0.1) is 0 Å². The third-order valence-corrected chi connectivity index (χ3v) is 3.95. The summed E-state index contributed by atoms with van der Waals surface area (Å²) in [4.78, 5) is 14.3. The fourth-order valence-corrected chi connectivity index (χ4v) is 3.02. The summed E-state index contributed by atoms with van der Waals surface area (Å²) >= 11 is 0. The Kier molecular flexibility index (Phi) is 2.32. The lowest BCUT2D eigenvalue weighted by molar-refractivity contribution is -0.116. The molecule has 88 valence electrons. The number of hydrogen-bond donors (Lipinski definition) is 0. The Labute approximate surface area is 102 Å². The van der Waals surface area contributed by atoms with Crippen molar-refractivity contribution < 1.29 is 4.79 Å². The number of carbonyl (C=O) groups excluding carboxylic acids is 1. The molecule has 2 aliphatic heterocycles. The highest BCUT2D eigenvalue weighted by Gasteiger charge is 2.33. The maximum atomic E-state index is 11.9. The number of aryl methyl sites for hydroxylation is 1. The summed E-state index contributed by atoms with van der Waals surface area (Å²) in [7, 11) is 0. The molecule has 2 heterocycles. The van der Waals surface area contributed by atoms with Crippen molar-refractivity contribution in [1.82, 2.24) is 0 Å². The molecule has 17 heavy (non-hydrogen) atoms. The first-order valence-corrected chi connectivity index (χ1v) is 6.28. The molecular weight excluding hydrogens is 210 g/mol. The maximum Gasteiger partial charge on any atom is 0.162 e. The highest BCUT2D eigenvalue weighted by atomic mass is 16.1. The largest absolute Gasteiger partial charge is 0.341 e. The first-order chi connectivity index (χ1) is 8.18. The lowest BCUT2D eigenvalue weighted by Gasteiger charge is -2.42. The van der Waals surface area contributed by atoms with E-state index >= 15 is 0 Å². The average molecular weight is 227 g/mol. The summed E-state index contributed by atoms with van der Waals surface area (Å²) in [6.07, 6.45) is 2.70. The lowest BCUT2D eigenvalue weighted by Crippen LogP contribution is -2.42. The van der Waals surface area contributed by atoms with Crippen LogP contribution in [0.3, 0.4) is 0 Å². The van der Waals surface area contributed by atoms with Crippen LogP contribution in [0.5, 0.6) is 0 Å². The number of benzene rings is 1. The molecule has 0 bridgehead atoms. The Balaban J connectivity index is 2.17. The first-order valence-electron chi connectivity index (χ1n) is 6.28. The molecule has 1 unspecified atom stereocenters. The van der Waals surface area contributed by atoms with E-state index in [0.717, 1.165) is 18.4 Å². The van der Waals surface area contributed by atoms with Gasteiger partial charge in [-0.05, 0) is 38.3 Å². The summed E-state index contributed by atoms with van der Waals surface area (Å²) in [5.41, 5.74) is 4.92. The van der Waals surface area contributed by atoms with E-state index in [2.05, 4.69) is 36.1 Å². The molecular formula is C15H17NO. The maximum absolute atomic E-state index is 11.9. The fraction of sp³-hybridized carbons (Fsp3) is 0.400. The van der Waals surface area contributed by atoms with Crippen molar-refractivity contribution in [3.63, 3.8) is 0 Å². The molecule has 0 saturated heterocycles. The van der Waals surface area contributed by atoms with Crippen molar-refractivity contribution in [3.05, 3.63) is 41.1 Å². The van der Waals surface area contributed by atoms with E-state index in [1.807, 2.05) is 6.92 Å². The molecule has 1 aromatic carbocycles. The summed E-state index contributed by atoms with van der Waals surface area (Å²) in [5, 5.41) is 0. The number of anilines is 1. The molecule has 0 N–H and O–H groups in total. The number of fused-ring (bicyclic) bond motifs is 3. The SMILES string of the molecule is CC1=C2CCc3ccccc3N2C(C)CC1=O. The van der Waals surface area contributed by atoms with Crippen LogP contribution in [0.2, 0.25) is 0 Å². The van der Waals surface area contributed by atoms with Crippen molar-refractivity contribution in [3.8, 4) is 0 Å². The molecule has 0 aromatic heterocycles. The monoisotopic (exact) mass is 227 g/mol. The standard InChI is InChI=1S/C15H17NO/c1-10-9-15(17)11(2)13-8-7-12-5-3-4-6-14(12)16(10)13/h3-6,10H,7-9H2,1-2H3. The zero-order valence-electron chi connectivity index (χ0n) is 10.4. The van der Waals surface area contributed by atoms with Gasteiger partial charge in [-0.1, -0.05) is 18.2 Å². The number of carbonyl (C=O) groups is 1. The molecule has 3 rings (SSSR count). The molecule has 0 radical (unpaired) electrons. The minimum atomic E-state index is 0.294. The molecule has 1 atom stereocenters. The van der Waals surface area contributed by atoms with E-state index in [-0.39, 0.29) is 0 Å².